The van der Waals surface area contributed by atoms with Crippen LogP contribution in [0, 0.1) is 12.7 Å². The van der Waals surface area contributed by atoms with Gasteiger partial charge in [0.25, 0.3) is 11.5 Å². The van der Waals surface area contributed by atoms with E-state index in [0.29, 0.717) is 77.2 Å². The molecule has 13 nitrogen and oxygen atoms in total. The molecule has 1 amide bonds. The van der Waals surface area contributed by atoms with Crippen molar-refractivity contribution in [2.45, 2.75) is 39.8 Å². The van der Waals surface area contributed by atoms with Crippen LogP contribution in [0.2, 0.25) is 0 Å². The molecule has 0 bridgehead atoms. The van der Waals surface area contributed by atoms with Gasteiger partial charge in [-0.3, -0.25) is 29.0 Å². The topological polar surface area (TPSA) is 141 Å². The first-order chi connectivity index (χ1) is 27.6. The molecule has 3 aromatic carbocycles. The van der Waals surface area contributed by atoms with Crippen LogP contribution in [-0.2, 0) is 29.5 Å². The highest BCUT2D eigenvalue weighted by Crippen LogP contribution is 2.27. The summed E-state index contributed by atoms with van der Waals surface area (Å²) in [7, 11) is 1.56. The standard InChI is InChI=1S/C43H44FN7O6/c1-5-49(6-2)26-28-9-7-10-31(22-28)57-42(54)35(47-40(52)38-27(3)21-30(24-34(38)44)50-17-19-56-20-18-50)23-29-12-13-36(39-32(29)11-8-15-46-39)51-41(53)33-14-16-45-25-37(33)48(4)43(51)55/h7-16,21-22,24-25,35H,5-6,17-20,23,26H2,1-4H3,(H,47,52). The molecule has 14 heteroatoms. The summed E-state index contributed by atoms with van der Waals surface area (Å²) in [5.74, 6) is -1.97. The van der Waals surface area contributed by atoms with Crippen molar-refractivity contribution in [3.05, 3.63) is 134 Å². The molecule has 3 aromatic heterocycles. The third-order valence-electron chi connectivity index (χ3n) is 10.5. The summed E-state index contributed by atoms with van der Waals surface area (Å²) in [5, 5.41) is 3.60. The fourth-order valence-electron chi connectivity index (χ4n) is 7.34. The zero-order valence-corrected chi connectivity index (χ0v) is 32.3. The van der Waals surface area contributed by atoms with Gasteiger partial charge in [-0.05, 0) is 79.2 Å². The summed E-state index contributed by atoms with van der Waals surface area (Å²) in [6.45, 7) is 10.4. The van der Waals surface area contributed by atoms with Crippen molar-refractivity contribution in [2.24, 2.45) is 7.05 Å². The highest BCUT2D eigenvalue weighted by molar-refractivity contribution is 5.99. The number of aryl methyl sites for hydroxylation is 2. The van der Waals surface area contributed by atoms with Gasteiger partial charge in [0.1, 0.15) is 17.6 Å². The second-order valence-corrected chi connectivity index (χ2v) is 14.0. The number of hydrogen-bond donors (Lipinski definition) is 1. The number of amides is 1. The van der Waals surface area contributed by atoms with Gasteiger partial charge in [0.2, 0.25) is 0 Å². The first kappa shape index (κ1) is 39.0. The number of carbonyl (C=O) groups is 2. The lowest BCUT2D eigenvalue weighted by Crippen LogP contribution is -2.45. The van der Waals surface area contributed by atoms with Crippen molar-refractivity contribution in [1.29, 1.82) is 0 Å². The number of ether oxygens (including phenoxy) is 2. The van der Waals surface area contributed by atoms with Crippen molar-refractivity contribution < 1.29 is 23.5 Å². The molecule has 1 fully saturated rings. The first-order valence-electron chi connectivity index (χ1n) is 19.0. The van der Waals surface area contributed by atoms with Gasteiger partial charge in [-0.1, -0.05) is 38.1 Å². The molecule has 1 atom stereocenters. The third kappa shape index (κ3) is 8.04. The highest BCUT2D eigenvalue weighted by Gasteiger charge is 2.29. The van der Waals surface area contributed by atoms with Gasteiger partial charge < -0.3 is 19.7 Å². The molecule has 1 N–H and O–H groups in total. The average Bonchev–Trinajstić information content (AvgIpc) is 3.22. The minimum Gasteiger partial charge on any atom is -0.425 e. The van der Waals surface area contributed by atoms with Crippen LogP contribution in [-0.4, -0.2) is 81.3 Å². The Kier molecular flexibility index (Phi) is 11.5. The Balaban J connectivity index is 1.26. The summed E-state index contributed by atoms with van der Waals surface area (Å²) in [6.07, 6.45) is 4.40. The predicted octanol–water partition coefficient (Wildman–Crippen LogP) is 4.71. The molecule has 7 rings (SSSR count). The van der Waals surface area contributed by atoms with Crippen LogP contribution < -0.4 is 26.2 Å². The van der Waals surface area contributed by atoms with Gasteiger partial charge >= 0.3 is 11.7 Å². The van der Waals surface area contributed by atoms with Crippen molar-refractivity contribution in [1.82, 2.24) is 29.3 Å². The van der Waals surface area contributed by atoms with E-state index >= 15 is 4.39 Å². The second kappa shape index (κ2) is 16.9. The maximum absolute atomic E-state index is 15.8. The van der Waals surface area contributed by atoms with Crippen molar-refractivity contribution >= 4 is 39.4 Å². The maximum Gasteiger partial charge on any atom is 0.335 e. The number of rotatable bonds is 12. The number of hydrogen-bond acceptors (Lipinski definition) is 10. The summed E-state index contributed by atoms with van der Waals surface area (Å²) >= 11 is 0. The number of pyridine rings is 2. The zero-order chi connectivity index (χ0) is 40.2. The quantitative estimate of drug-likeness (QED) is 0.138. The normalized spacial score (nSPS) is 13.6. The number of anilines is 1. The smallest absolute Gasteiger partial charge is 0.335 e. The summed E-state index contributed by atoms with van der Waals surface area (Å²) < 4.78 is 29.6. The molecule has 0 spiro atoms. The Labute approximate surface area is 328 Å². The SMILES string of the molecule is CCN(CC)Cc1cccc(OC(=O)C(Cc2ccc(-n3c(=O)c4ccncc4n(C)c3=O)c3ncccc23)NC(=O)c2c(C)cc(N3CCOCC3)cc2F)c1. The molecule has 1 aliphatic rings. The Morgan fingerprint density at radius 3 is 2.53 bits per heavy atom. The van der Waals surface area contributed by atoms with E-state index in [2.05, 4.69) is 34.0 Å². The summed E-state index contributed by atoms with van der Waals surface area (Å²) in [5.41, 5.74) is 2.19. The Morgan fingerprint density at radius 1 is 0.982 bits per heavy atom. The Morgan fingerprint density at radius 2 is 1.77 bits per heavy atom. The lowest BCUT2D eigenvalue weighted by molar-refractivity contribution is -0.136. The average molecular weight is 774 g/mol. The summed E-state index contributed by atoms with van der Waals surface area (Å²) in [6, 6.07) is 17.3. The van der Waals surface area contributed by atoms with Gasteiger partial charge in [-0.2, -0.15) is 0 Å². The number of esters is 1. The van der Waals surface area contributed by atoms with Gasteiger partial charge in [0, 0.05) is 56.6 Å². The molecule has 57 heavy (non-hydrogen) atoms. The van der Waals surface area contributed by atoms with E-state index in [1.807, 2.05) is 11.0 Å². The van der Waals surface area contributed by atoms with Crippen LogP contribution in [0.4, 0.5) is 10.1 Å². The van der Waals surface area contributed by atoms with Crippen molar-refractivity contribution in [3.63, 3.8) is 0 Å². The van der Waals surface area contributed by atoms with Crippen LogP contribution in [0.15, 0.2) is 94.9 Å². The number of nitrogens with zero attached hydrogens (tertiary/aromatic N) is 6. The van der Waals surface area contributed by atoms with Crippen LogP contribution in [0.1, 0.15) is 40.9 Å². The van der Waals surface area contributed by atoms with Crippen molar-refractivity contribution in [3.8, 4) is 11.4 Å². The fraction of sp³-hybridized carbons (Fsp3) is 0.302. The van der Waals surface area contributed by atoms with E-state index in [1.165, 1.54) is 23.0 Å². The van der Waals surface area contributed by atoms with Crippen LogP contribution >= 0.6 is 0 Å². The van der Waals surface area contributed by atoms with E-state index in [0.717, 1.165) is 23.2 Å². The first-order valence-corrected chi connectivity index (χ1v) is 19.0. The minimum absolute atomic E-state index is 0.0883. The maximum atomic E-state index is 15.8. The zero-order valence-electron chi connectivity index (χ0n) is 32.3. The molecule has 1 aliphatic heterocycles. The number of benzene rings is 3. The lowest BCUT2D eigenvalue weighted by atomic mass is 9.99. The lowest BCUT2D eigenvalue weighted by Gasteiger charge is -2.29. The Bertz CT molecular complexity index is 2570. The molecule has 6 aromatic rings. The van der Waals surface area contributed by atoms with E-state index in [4.69, 9.17) is 9.47 Å². The van der Waals surface area contributed by atoms with E-state index in [9.17, 15) is 19.2 Å². The molecule has 4 heterocycles. The van der Waals surface area contributed by atoms with Crippen LogP contribution in [0.3, 0.4) is 0 Å². The minimum atomic E-state index is -1.29. The van der Waals surface area contributed by atoms with E-state index < -0.39 is 35.0 Å². The van der Waals surface area contributed by atoms with Crippen molar-refractivity contribution in [2.75, 3.05) is 44.3 Å². The second-order valence-electron chi connectivity index (χ2n) is 14.0. The molecular weight excluding hydrogens is 730 g/mol. The highest BCUT2D eigenvalue weighted by atomic mass is 19.1. The number of nitrogens with one attached hydrogen (secondary N) is 1. The molecule has 0 aliphatic carbocycles. The number of fused-ring (bicyclic) bond motifs is 2. The predicted molar refractivity (Wildman–Crippen MR) is 216 cm³/mol. The largest absolute Gasteiger partial charge is 0.425 e. The van der Waals surface area contributed by atoms with Crippen LogP contribution in [0.25, 0.3) is 27.5 Å². The molecular formula is C43H44FN7O6. The van der Waals surface area contributed by atoms with Gasteiger partial charge in [0.05, 0.1) is 47.1 Å². The fourth-order valence-corrected chi connectivity index (χ4v) is 7.34. The van der Waals surface area contributed by atoms with Crippen LogP contribution in [0.5, 0.6) is 5.75 Å². The summed E-state index contributed by atoms with van der Waals surface area (Å²) in [4.78, 5) is 68.4. The van der Waals surface area contributed by atoms with E-state index in [-0.39, 0.29) is 17.7 Å². The number of halogens is 1. The molecule has 294 valence electrons. The monoisotopic (exact) mass is 773 g/mol. The Hall–Kier alpha value is -6.25. The number of morpholine rings is 1. The third-order valence-corrected chi connectivity index (χ3v) is 10.5. The number of aromatic nitrogens is 4. The van der Waals surface area contributed by atoms with Gasteiger partial charge in [0.15, 0.2) is 0 Å². The van der Waals surface area contributed by atoms with Gasteiger partial charge in [-0.15, -0.1) is 0 Å². The molecule has 1 unspecified atom stereocenters. The van der Waals surface area contributed by atoms with E-state index in [1.54, 1.807) is 74.8 Å². The molecule has 0 radical (unpaired) electrons. The number of carbonyl (C=O) groups excluding carboxylic acids is 2. The molecule has 0 saturated carbocycles. The molecule has 1 saturated heterocycles. The van der Waals surface area contributed by atoms with Gasteiger partial charge in [-0.25, -0.2) is 18.5 Å².